The Morgan fingerprint density at radius 3 is 2.08 bits per heavy atom. The number of rotatable bonds is 1. The molecule has 1 aromatic carbocycles. The Bertz CT molecular complexity index is 264. The van der Waals surface area contributed by atoms with E-state index < -0.39 is 3.79 Å². The van der Waals surface area contributed by atoms with Crippen LogP contribution in [0.15, 0.2) is 24.3 Å². The molecule has 0 aliphatic heterocycles. The molecule has 0 amide bonds. The molecule has 4 heteroatoms. The molecule has 0 aliphatic rings. The van der Waals surface area contributed by atoms with Gasteiger partial charge in [0, 0.05) is 11.4 Å². The van der Waals surface area contributed by atoms with Gasteiger partial charge in [0.2, 0.25) is 3.79 Å². The van der Waals surface area contributed by atoms with Gasteiger partial charge < -0.3 is 0 Å². The van der Waals surface area contributed by atoms with Gasteiger partial charge in [0.1, 0.15) is 0 Å². The third-order valence-corrected chi connectivity index (χ3v) is 2.37. The summed E-state index contributed by atoms with van der Waals surface area (Å²) in [6, 6.07) is 7.26. The predicted molar refractivity (Wildman–Crippen MR) is 55.2 cm³/mol. The number of hydrogen-bond acceptors (Lipinski definition) is 0. The number of halogens is 4. The van der Waals surface area contributed by atoms with Crippen LogP contribution in [0.4, 0.5) is 0 Å². The van der Waals surface area contributed by atoms with Gasteiger partial charge in [0.15, 0.2) is 0 Å². The smallest absolute Gasteiger partial charge is 0.122 e. The van der Waals surface area contributed by atoms with Crippen molar-refractivity contribution in [3.05, 3.63) is 35.4 Å². The molecule has 0 radical (unpaired) electrons. The maximum Gasteiger partial charge on any atom is 0.216 e. The minimum Gasteiger partial charge on any atom is -0.122 e. The molecule has 0 saturated heterocycles. The molecule has 0 aliphatic carbocycles. The fourth-order valence-corrected chi connectivity index (χ4v) is 1.70. The topological polar surface area (TPSA) is 0 Å². The van der Waals surface area contributed by atoms with Gasteiger partial charge in [-0.25, -0.2) is 0 Å². The van der Waals surface area contributed by atoms with Crippen molar-refractivity contribution in [2.75, 3.05) is 0 Å². The van der Waals surface area contributed by atoms with Crippen molar-refractivity contribution >= 4 is 46.4 Å². The van der Waals surface area contributed by atoms with E-state index in [0.29, 0.717) is 11.4 Å². The zero-order valence-electron chi connectivity index (χ0n) is 6.03. The minimum atomic E-state index is -1.38. The average Bonchev–Trinajstić information content (AvgIpc) is 2.03. The first kappa shape index (κ1) is 10.5. The summed E-state index contributed by atoms with van der Waals surface area (Å²) in [6.07, 6.45) is 0. The van der Waals surface area contributed by atoms with Crippen molar-refractivity contribution in [3.8, 4) is 0 Å². The van der Waals surface area contributed by atoms with Crippen LogP contribution in [0.1, 0.15) is 11.1 Å². The fraction of sp³-hybridized carbons (Fsp3) is 0.250. The highest BCUT2D eigenvalue weighted by molar-refractivity contribution is 6.66. The van der Waals surface area contributed by atoms with E-state index in [-0.39, 0.29) is 0 Å². The van der Waals surface area contributed by atoms with Crippen LogP contribution in [0.2, 0.25) is 0 Å². The highest BCUT2D eigenvalue weighted by atomic mass is 35.6. The molecule has 0 heterocycles. The molecule has 0 aromatic heterocycles. The zero-order valence-corrected chi connectivity index (χ0v) is 9.05. The molecule has 0 atom stereocenters. The second-order valence-electron chi connectivity index (χ2n) is 2.29. The van der Waals surface area contributed by atoms with Gasteiger partial charge in [0.25, 0.3) is 0 Å². The van der Waals surface area contributed by atoms with Gasteiger partial charge in [-0.2, -0.15) is 0 Å². The van der Waals surface area contributed by atoms with Crippen LogP contribution >= 0.6 is 46.4 Å². The first-order valence-electron chi connectivity index (χ1n) is 3.27. The number of alkyl halides is 4. The van der Waals surface area contributed by atoms with E-state index >= 15 is 0 Å². The zero-order chi connectivity index (χ0) is 9.19. The largest absolute Gasteiger partial charge is 0.216 e. The summed E-state index contributed by atoms with van der Waals surface area (Å²) in [6.45, 7) is 0. The van der Waals surface area contributed by atoms with E-state index in [2.05, 4.69) is 0 Å². The number of benzene rings is 1. The molecule has 66 valence electrons. The van der Waals surface area contributed by atoms with Crippen LogP contribution in [-0.4, -0.2) is 0 Å². The molecule has 1 rings (SSSR count). The summed E-state index contributed by atoms with van der Waals surface area (Å²) >= 11 is 22.8. The lowest BCUT2D eigenvalue weighted by molar-refractivity contribution is 1.17. The lowest BCUT2D eigenvalue weighted by atomic mass is 10.1. The summed E-state index contributed by atoms with van der Waals surface area (Å²) < 4.78 is -1.38. The Labute approximate surface area is 91.4 Å². The highest BCUT2D eigenvalue weighted by Gasteiger charge is 2.24. The Hall–Kier alpha value is 0.380. The van der Waals surface area contributed by atoms with Gasteiger partial charge in [-0.15, -0.1) is 11.6 Å². The molecule has 0 nitrogen and oxygen atoms in total. The molecular weight excluding hydrogens is 238 g/mol. The first-order chi connectivity index (χ1) is 5.55. The molecule has 0 N–H and O–H groups in total. The quantitative estimate of drug-likeness (QED) is 0.647. The van der Waals surface area contributed by atoms with Crippen LogP contribution in [-0.2, 0) is 9.67 Å². The van der Waals surface area contributed by atoms with Crippen molar-refractivity contribution in [3.63, 3.8) is 0 Å². The summed E-state index contributed by atoms with van der Waals surface area (Å²) in [7, 11) is 0. The van der Waals surface area contributed by atoms with Crippen molar-refractivity contribution in [1.82, 2.24) is 0 Å². The third-order valence-electron chi connectivity index (χ3n) is 1.47. The van der Waals surface area contributed by atoms with E-state index in [0.717, 1.165) is 5.56 Å². The van der Waals surface area contributed by atoms with Crippen LogP contribution in [0.25, 0.3) is 0 Å². The number of hydrogen-bond donors (Lipinski definition) is 0. The highest BCUT2D eigenvalue weighted by Crippen LogP contribution is 2.40. The van der Waals surface area contributed by atoms with Crippen molar-refractivity contribution in [2.45, 2.75) is 9.67 Å². The first-order valence-corrected chi connectivity index (χ1v) is 4.93. The molecule has 0 spiro atoms. The van der Waals surface area contributed by atoms with Crippen LogP contribution < -0.4 is 0 Å². The molecule has 0 bridgehead atoms. The van der Waals surface area contributed by atoms with Crippen molar-refractivity contribution in [1.29, 1.82) is 0 Å². The molecule has 0 unspecified atom stereocenters. The summed E-state index contributed by atoms with van der Waals surface area (Å²) in [5.41, 5.74) is 1.49. The monoisotopic (exact) mass is 242 g/mol. The SMILES string of the molecule is ClCc1ccccc1C(Cl)(Cl)Cl. The van der Waals surface area contributed by atoms with Crippen molar-refractivity contribution < 1.29 is 0 Å². The van der Waals surface area contributed by atoms with Crippen LogP contribution in [0.5, 0.6) is 0 Å². The van der Waals surface area contributed by atoms with E-state index in [1.54, 1.807) is 6.07 Å². The van der Waals surface area contributed by atoms with Gasteiger partial charge in [-0.3, -0.25) is 0 Å². The van der Waals surface area contributed by atoms with Gasteiger partial charge in [0.05, 0.1) is 0 Å². The van der Waals surface area contributed by atoms with E-state index in [1.165, 1.54) is 0 Å². The summed E-state index contributed by atoms with van der Waals surface area (Å²) in [4.78, 5) is 0. The van der Waals surface area contributed by atoms with E-state index in [1.807, 2.05) is 18.2 Å². The Balaban J connectivity index is 3.14. The lowest BCUT2D eigenvalue weighted by Crippen LogP contribution is -2.03. The maximum absolute atomic E-state index is 5.71. The van der Waals surface area contributed by atoms with Gasteiger partial charge >= 0.3 is 0 Å². The Kier molecular flexibility index (Phi) is 3.54. The molecule has 1 aromatic rings. The third kappa shape index (κ3) is 2.43. The van der Waals surface area contributed by atoms with Gasteiger partial charge in [-0.05, 0) is 5.56 Å². The summed E-state index contributed by atoms with van der Waals surface area (Å²) in [5, 5.41) is 0. The van der Waals surface area contributed by atoms with Crippen molar-refractivity contribution in [2.24, 2.45) is 0 Å². The second kappa shape index (κ2) is 4.06. The normalized spacial score (nSPS) is 11.7. The molecular formula is C8H6Cl4. The predicted octanol–water partition coefficient (Wildman–Crippen LogP) is 4.25. The molecule has 0 saturated carbocycles. The lowest BCUT2D eigenvalue weighted by Gasteiger charge is -2.14. The van der Waals surface area contributed by atoms with Gasteiger partial charge in [-0.1, -0.05) is 59.1 Å². The standard InChI is InChI=1S/C8H6Cl4/c9-5-6-3-1-2-4-7(6)8(10,11)12/h1-4H,5H2. The maximum atomic E-state index is 5.71. The minimum absolute atomic E-state index is 0.351. The Morgan fingerprint density at radius 1 is 1.08 bits per heavy atom. The Morgan fingerprint density at radius 2 is 1.67 bits per heavy atom. The second-order valence-corrected chi connectivity index (χ2v) is 4.84. The van der Waals surface area contributed by atoms with Crippen LogP contribution in [0.3, 0.4) is 0 Å². The fourth-order valence-electron chi connectivity index (χ4n) is 0.913. The van der Waals surface area contributed by atoms with E-state index in [4.69, 9.17) is 46.4 Å². The summed E-state index contributed by atoms with van der Waals surface area (Å²) in [5.74, 6) is 0.351. The van der Waals surface area contributed by atoms with Crippen LogP contribution in [0, 0.1) is 0 Å². The molecule has 0 fully saturated rings. The molecule has 12 heavy (non-hydrogen) atoms. The van der Waals surface area contributed by atoms with E-state index in [9.17, 15) is 0 Å². The average molecular weight is 244 g/mol.